The molecule has 0 unspecified atom stereocenters. The van der Waals surface area contributed by atoms with Crippen LogP contribution in [0.4, 0.5) is 5.69 Å². The quantitative estimate of drug-likeness (QED) is 0.454. The first-order valence-corrected chi connectivity index (χ1v) is 10.3. The summed E-state index contributed by atoms with van der Waals surface area (Å²) in [5.74, 6) is -0.178. The van der Waals surface area contributed by atoms with Gasteiger partial charge in [0.05, 0.1) is 29.0 Å². The third-order valence-electron chi connectivity index (χ3n) is 5.34. The number of hydrogen-bond donors (Lipinski definition) is 1. The van der Waals surface area contributed by atoms with Crippen molar-refractivity contribution in [3.8, 4) is 11.3 Å². The van der Waals surface area contributed by atoms with E-state index in [1.54, 1.807) is 10.9 Å². The van der Waals surface area contributed by atoms with Crippen LogP contribution in [0.1, 0.15) is 21.6 Å². The van der Waals surface area contributed by atoms with Gasteiger partial charge in [-0.3, -0.25) is 14.2 Å². The predicted octanol–water partition coefficient (Wildman–Crippen LogP) is 4.44. The van der Waals surface area contributed by atoms with Crippen molar-refractivity contribution in [1.82, 2.24) is 24.5 Å². The molecule has 1 amide bonds. The summed E-state index contributed by atoms with van der Waals surface area (Å²) in [5.41, 5.74) is 5.64. The van der Waals surface area contributed by atoms with Crippen LogP contribution >= 0.6 is 0 Å². The molecular weight excluding hydrogens is 400 g/mol. The zero-order chi connectivity index (χ0) is 22.1. The van der Waals surface area contributed by atoms with Gasteiger partial charge in [0.2, 0.25) is 0 Å². The highest BCUT2D eigenvalue weighted by Gasteiger charge is 2.16. The number of anilines is 1. The molecule has 7 nitrogen and oxygen atoms in total. The van der Waals surface area contributed by atoms with Crippen LogP contribution in [0, 0.1) is 6.92 Å². The summed E-state index contributed by atoms with van der Waals surface area (Å²) >= 11 is 0. The molecule has 7 heteroatoms. The lowest BCUT2D eigenvalue weighted by Gasteiger charge is -2.11. The van der Waals surface area contributed by atoms with Crippen molar-refractivity contribution in [3.05, 3.63) is 96.1 Å². The minimum atomic E-state index is -0.178. The number of aryl methyl sites for hydroxylation is 2. The van der Waals surface area contributed by atoms with Gasteiger partial charge in [-0.05, 0) is 42.8 Å². The molecule has 0 fully saturated rings. The number of benzene rings is 2. The highest BCUT2D eigenvalue weighted by Crippen LogP contribution is 2.27. The topological polar surface area (TPSA) is 77.6 Å². The standard InChI is InChI=1S/C25H22N6O/c1-17-22(16-30(2)29-17)24-14-21(20-9-3-4-10-23(20)28-24)25(32)27-19-8-5-7-18(13-19)15-31-12-6-11-26-31/h3-14,16H,15H2,1-2H3,(H,27,32). The van der Waals surface area contributed by atoms with Crippen LogP contribution in [-0.4, -0.2) is 30.5 Å². The number of fused-ring (bicyclic) bond motifs is 1. The van der Waals surface area contributed by atoms with Gasteiger partial charge in [0, 0.05) is 42.3 Å². The van der Waals surface area contributed by atoms with Gasteiger partial charge in [-0.2, -0.15) is 10.2 Å². The summed E-state index contributed by atoms with van der Waals surface area (Å²) in [6.45, 7) is 2.58. The maximum absolute atomic E-state index is 13.4. The van der Waals surface area contributed by atoms with E-state index in [1.807, 2.05) is 91.7 Å². The van der Waals surface area contributed by atoms with Gasteiger partial charge in [-0.15, -0.1) is 0 Å². The second-order valence-electron chi connectivity index (χ2n) is 7.73. The van der Waals surface area contributed by atoms with Crippen molar-refractivity contribution in [2.24, 2.45) is 7.05 Å². The van der Waals surface area contributed by atoms with Crippen molar-refractivity contribution in [2.75, 3.05) is 5.32 Å². The van der Waals surface area contributed by atoms with E-state index in [0.29, 0.717) is 12.1 Å². The Kier molecular flexibility index (Phi) is 4.99. The Morgan fingerprint density at radius 3 is 2.72 bits per heavy atom. The van der Waals surface area contributed by atoms with E-state index in [1.165, 1.54) is 0 Å². The van der Waals surface area contributed by atoms with Crippen LogP contribution in [0.2, 0.25) is 0 Å². The van der Waals surface area contributed by atoms with E-state index in [-0.39, 0.29) is 5.91 Å². The average Bonchev–Trinajstić information content (AvgIpc) is 3.42. The summed E-state index contributed by atoms with van der Waals surface area (Å²) in [6, 6.07) is 19.2. The van der Waals surface area contributed by atoms with Crippen molar-refractivity contribution >= 4 is 22.5 Å². The lowest BCUT2D eigenvalue weighted by atomic mass is 10.0. The van der Waals surface area contributed by atoms with Crippen LogP contribution in [0.5, 0.6) is 0 Å². The molecule has 3 aromatic heterocycles. The Bertz CT molecular complexity index is 1420. The second-order valence-corrected chi connectivity index (χ2v) is 7.73. The minimum absolute atomic E-state index is 0.178. The number of nitrogens with one attached hydrogen (secondary N) is 1. The molecule has 0 bridgehead atoms. The van der Waals surface area contributed by atoms with Gasteiger partial charge < -0.3 is 5.32 Å². The number of carbonyl (C=O) groups excluding carboxylic acids is 1. The van der Waals surface area contributed by atoms with Crippen LogP contribution in [-0.2, 0) is 13.6 Å². The van der Waals surface area contributed by atoms with Gasteiger partial charge in [-0.1, -0.05) is 30.3 Å². The molecule has 5 aromatic rings. The first-order valence-electron chi connectivity index (χ1n) is 10.3. The maximum Gasteiger partial charge on any atom is 0.256 e. The number of carbonyl (C=O) groups is 1. The third-order valence-corrected chi connectivity index (χ3v) is 5.34. The molecule has 0 radical (unpaired) electrons. The second kappa shape index (κ2) is 8.11. The van der Waals surface area contributed by atoms with Crippen LogP contribution in [0.15, 0.2) is 79.3 Å². The monoisotopic (exact) mass is 422 g/mol. The van der Waals surface area contributed by atoms with Crippen LogP contribution in [0.3, 0.4) is 0 Å². The normalized spacial score (nSPS) is 11.1. The van der Waals surface area contributed by atoms with Gasteiger partial charge in [-0.25, -0.2) is 4.98 Å². The van der Waals surface area contributed by atoms with Crippen molar-refractivity contribution in [1.29, 1.82) is 0 Å². The largest absolute Gasteiger partial charge is 0.322 e. The number of hydrogen-bond acceptors (Lipinski definition) is 4. The fraction of sp³-hybridized carbons (Fsp3) is 0.120. The van der Waals surface area contributed by atoms with E-state index >= 15 is 0 Å². The molecule has 0 atom stereocenters. The summed E-state index contributed by atoms with van der Waals surface area (Å²) in [6.07, 6.45) is 5.59. The van der Waals surface area contributed by atoms with Gasteiger partial charge in [0.25, 0.3) is 5.91 Å². The number of amides is 1. The van der Waals surface area contributed by atoms with Gasteiger partial charge in [0.1, 0.15) is 0 Å². The van der Waals surface area contributed by atoms with Crippen LogP contribution in [0.25, 0.3) is 22.2 Å². The molecule has 0 aliphatic heterocycles. The Morgan fingerprint density at radius 1 is 1.06 bits per heavy atom. The lowest BCUT2D eigenvalue weighted by Crippen LogP contribution is -2.13. The van der Waals surface area contributed by atoms with Gasteiger partial charge in [0.15, 0.2) is 0 Å². The van der Waals surface area contributed by atoms with Crippen LogP contribution < -0.4 is 5.32 Å². The molecule has 158 valence electrons. The number of para-hydroxylation sites is 1. The fourth-order valence-electron chi connectivity index (χ4n) is 3.88. The molecular formula is C25H22N6O. The molecule has 1 N–H and O–H groups in total. The fourth-order valence-corrected chi connectivity index (χ4v) is 3.88. The zero-order valence-electron chi connectivity index (χ0n) is 17.9. The molecule has 0 aliphatic rings. The molecule has 0 spiro atoms. The molecule has 0 saturated carbocycles. The third kappa shape index (κ3) is 3.88. The minimum Gasteiger partial charge on any atom is -0.322 e. The SMILES string of the molecule is Cc1nn(C)cc1-c1cc(C(=O)Nc2cccc(Cn3cccn3)c2)c2ccccc2n1. The Balaban J connectivity index is 1.50. The Hall–Kier alpha value is -4.26. The van der Waals surface area contributed by atoms with E-state index in [4.69, 9.17) is 4.98 Å². The smallest absolute Gasteiger partial charge is 0.256 e. The highest BCUT2D eigenvalue weighted by atomic mass is 16.1. The maximum atomic E-state index is 13.4. The van der Waals surface area contributed by atoms with E-state index in [9.17, 15) is 4.79 Å². The van der Waals surface area contributed by atoms with Crippen molar-refractivity contribution in [2.45, 2.75) is 13.5 Å². The van der Waals surface area contributed by atoms with E-state index in [2.05, 4.69) is 15.5 Å². The molecule has 2 aromatic carbocycles. The predicted molar refractivity (Wildman–Crippen MR) is 124 cm³/mol. The molecule has 0 saturated heterocycles. The molecule has 3 heterocycles. The van der Waals surface area contributed by atoms with E-state index < -0.39 is 0 Å². The van der Waals surface area contributed by atoms with E-state index in [0.717, 1.165) is 39.1 Å². The highest BCUT2D eigenvalue weighted by molar-refractivity contribution is 6.13. The molecule has 5 rings (SSSR count). The summed E-state index contributed by atoms with van der Waals surface area (Å²) in [7, 11) is 1.88. The number of aromatic nitrogens is 5. The average molecular weight is 422 g/mol. The zero-order valence-corrected chi connectivity index (χ0v) is 17.9. The summed E-state index contributed by atoms with van der Waals surface area (Å²) < 4.78 is 3.60. The summed E-state index contributed by atoms with van der Waals surface area (Å²) in [5, 5.41) is 12.5. The summed E-state index contributed by atoms with van der Waals surface area (Å²) in [4.78, 5) is 18.1. The molecule has 0 aliphatic carbocycles. The van der Waals surface area contributed by atoms with Crippen molar-refractivity contribution < 1.29 is 4.79 Å². The molecule has 32 heavy (non-hydrogen) atoms. The van der Waals surface area contributed by atoms with Gasteiger partial charge >= 0.3 is 0 Å². The lowest BCUT2D eigenvalue weighted by molar-refractivity contribution is 0.102. The number of rotatable bonds is 5. The number of nitrogens with zero attached hydrogens (tertiary/aromatic N) is 5. The Morgan fingerprint density at radius 2 is 1.94 bits per heavy atom. The Labute approximate surface area is 185 Å². The first kappa shape index (κ1) is 19.7. The number of pyridine rings is 1. The first-order chi connectivity index (χ1) is 15.6. The van der Waals surface area contributed by atoms with Crippen molar-refractivity contribution in [3.63, 3.8) is 0 Å².